The van der Waals surface area contributed by atoms with E-state index in [4.69, 9.17) is 0 Å². The molecule has 19 heavy (non-hydrogen) atoms. The van der Waals surface area contributed by atoms with Crippen molar-refractivity contribution in [3.8, 4) is 0 Å². The van der Waals surface area contributed by atoms with Gasteiger partial charge in [-0.1, -0.05) is 0 Å². The van der Waals surface area contributed by atoms with Crippen LogP contribution >= 0.6 is 0 Å². The van der Waals surface area contributed by atoms with E-state index in [-0.39, 0.29) is 29.6 Å². The molecule has 0 radical (unpaired) electrons. The maximum Gasteiger partial charge on any atom is 0.435 e. The quantitative estimate of drug-likeness (QED) is 0.828. The molecular weight excluding hydrogens is 257 g/mol. The summed E-state index contributed by atoms with van der Waals surface area (Å²) < 4.78 is 39.7. The Kier molecular flexibility index (Phi) is 2.56. The smallest absolute Gasteiger partial charge is 0.300 e. The maximum atomic E-state index is 12.8. The third kappa shape index (κ3) is 1.97. The first-order chi connectivity index (χ1) is 8.79. The molecule has 0 bridgehead atoms. The van der Waals surface area contributed by atoms with E-state index in [1.807, 2.05) is 13.8 Å². The van der Waals surface area contributed by atoms with Crippen LogP contribution in [0.3, 0.4) is 0 Å². The van der Waals surface area contributed by atoms with Gasteiger partial charge in [0.1, 0.15) is 5.78 Å². The fourth-order valence-corrected chi connectivity index (χ4v) is 3.26. The van der Waals surface area contributed by atoms with E-state index >= 15 is 0 Å². The number of nitrogens with zero attached hydrogens (tertiary/aromatic N) is 2. The summed E-state index contributed by atoms with van der Waals surface area (Å²) in [5.41, 5.74) is -0.183. The second-order valence-electron chi connectivity index (χ2n) is 5.79. The van der Waals surface area contributed by atoms with Gasteiger partial charge in [-0.2, -0.15) is 18.3 Å². The van der Waals surface area contributed by atoms with Crippen molar-refractivity contribution in [3.63, 3.8) is 0 Å². The summed E-state index contributed by atoms with van der Waals surface area (Å²) >= 11 is 0. The first kappa shape index (κ1) is 12.7. The molecule has 1 heterocycles. The topological polar surface area (TPSA) is 34.9 Å². The largest absolute Gasteiger partial charge is 0.435 e. The fraction of sp³-hybridized carbons (Fsp3) is 0.692. The van der Waals surface area contributed by atoms with Crippen LogP contribution in [0.15, 0.2) is 6.07 Å². The summed E-state index contributed by atoms with van der Waals surface area (Å²) in [6, 6.07) is 1.05. The summed E-state index contributed by atoms with van der Waals surface area (Å²) in [5.74, 6) is 0.798. The van der Waals surface area contributed by atoms with Crippen LogP contribution in [-0.4, -0.2) is 15.6 Å². The van der Waals surface area contributed by atoms with Crippen LogP contribution in [0, 0.1) is 11.8 Å². The first-order valence-corrected chi connectivity index (χ1v) is 6.47. The number of hydrogen-bond acceptors (Lipinski definition) is 2. The summed E-state index contributed by atoms with van der Waals surface area (Å²) in [4.78, 5) is 11.2. The Morgan fingerprint density at radius 3 is 2.37 bits per heavy atom. The standard InChI is InChI=1S/C13H15F3N2O/c1-6(2)18-10(5-11(17-18)13(14,15)16)12-8-3-7(19)4-9(8)12/h5-6,8-9,12H,3-4H2,1-2H3. The number of ketones is 1. The summed E-state index contributed by atoms with van der Waals surface area (Å²) in [5, 5.41) is 3.70. The second kappa shape index (κ2) is 3.84. The zero-order chi connectivity index (χ0) is 13.9. The highest BCUT2D eigenvalue weighted by molar-refractivity contribution is 5.83. The van der Waals surface area contributed by atoms with E-state index in [0.717, 1.165) is 6.07 Å². The highest BCUT2D eigenvalue weighted by atomic mass is 19.4. The molecule has 0 spiro atoms. The molecule has 2 aliphatic carbocycles. The zero-order valence-electron chi connectivity index (χ0n) is 10.7. The first-order valence-electron chi connectivity index (χ1n) is 6.47. The van der Waals surface area contributed by atoms with E-state index in [0.29, 0.717) is 18.5 Å². The van der Waals surface area contributed by atoms with Crippen molar-refractivity contribution < 1.29 is 18.0 Å². The number of aromatic nitrogens is 2. The molecule has 3 nitrogen and oxygen atoms in total. The third-order valence-electron chi connectivity index (χ3n) is 4.14. The molecular formula is C13H15F3N2O. The van der Waals surface area contributed by atoms with Gasteiger partial charge in [0.15, 0.2) is 5.69 Å². The van der Waals surface area contributed by atoms with Crippen LogP contribution < -0.4 is 0 Å². The minimum atomic E-state index is -4.41. The van der Waals surface area contributed by atoms with Gasteiger partial charge in [0.25, 0.3) is 0 Å². The monoisotopic (exact) mass is 272 g/mol. The highest BCUT2D eigenvalue weighted by Crippen LogP contribution is 2.62. The van der Waals surface area contributed by atoms with Gasteiger partial charge < -0.3 is 0 Å². The van der Waals surface area contributed by atoms with Gasteiger partial charge in [-0.15, -0.1) is 0 Å². The molecule has 0 aliphatic heterocycles. The Hall–Kier alpha value is -1.33. The van der Waals surface area contributed by atoms with Crippen molar-refractivity contribution >= 4 is 5.78 Å². The Balaban J connectivity index is 1.93. The Morgan fingerprint density at radius 2 is 1.89 bits per heavy atom. The average Bonchev–Trinajstić information content (AvgIpc) is 2.69. The van der Waals surface area contributed by atoms with Gasteiger partial charge in [0.05, 0.1) is 0 Å². The molecule has 2 aliphatic rings. The van der Waals surface area contributed by atoms with Crippen LogP contribution in [0.25, 0.3) is 0 Å². The molecule has 2 fully saturated rings. The van der Waals surface area contributed by atoms with Crippen molar-refractivity contribution in [1.82, 2.24) is 9.78 Å². The van der Waals surface area contributed by atoms with E-state index in [1.54, 1.807) is 0 Å². The summed E-state index contributed by atoms with van der Waals surface area (Å²) in [6.07, 6.45) is -3.38. The maximum absolute atomic E-state index is 12.8. The molecule has 0 amide bonds. The van der Waals surface area contributed by atoms with Crippen molar-refractivity contribution in [1.29, 1.82) is 0 Å². The van der Waals surface area contributed by atoms with Crippen LogP contribution in [0.2, 0.25) is 0 Å². The molecule has 1 aromatic heterocycles. The lowest BCUT2D eigenvalue weighted by Crippen LogP contribution is -2.11. The predicted octanol–water partition coefficient (Wildman–Crippen LogP) is 3.18. The van der Waals surface area contributed by atoms with Gasteiger partial charge in [-0.3, -0.25) is 9.48 Å². The molecule has 3 rings (SSSR count). The minimum absolute atomic E-state index is 0.0868. The minimum Gasteiger partial charge on any atom is -0.300 e. The zero-order valence-corrected chi connectivity index (χ0v) is 10.7. The number of carbonyl (C=O) groups excluding carboxylic acids is 1. The predicted molar refractivity (Wildman–Crippen MR) is 61.6 cm³/mol. The van der Waals surface area contributed by atoms with Crippen LogP contribution in [0.5, 0.6) is 0 Å². The Bertz CT molecular complexity index is 518. The molecule has 1 aromatic rings. The van der Waals surface area contributed by atoms with Crippen molar-refractivity contribution in [2.45, 2.75) is 44.8 Å². The molecule has 2 saturated carbocycles. The lowest BCUT2D eigenvalue weighted by molar-refractivity contribution is -0.141. The number of fused-ring (bicyclic) bond motifs is 1. The number of hydrogen-bond donors (Lipinski definition) is 0. The molecule has 0 N–H and O–H groups in total. The molecule has 6 heteroatoms. The summed E-state index contributed by atoms with van der Waals surface area (Å²) in [6.45, 7) is 3.64. The lowest BCUT2D eigenvalue weighted by Gasteiger charge is -2.11. The molecule has 2 atom stereocenters. The van der Waals surface area contributed by atoms with Crippen LogP contribution in [0.4, 0.5) is 13.2 Å². The van der Waals surface area contributed by atoms with E-state index in [1.165, 1.54) is 4.68 Å². The van der Waals surface area contributed by atoms with Crippen LogP contribution in [-0.2, 0) is 11.0 Å². The fourth-order valence-electron chi connectivity index (χ4n) is 3.26. The number of rotatable bonds is 2. The van der Waals surface area contributed by atoms with Gasteiger partial charge in [0, 0.05) is 30.5 Å². The van der Waals surface area contributed by atoms with E-state index in [2.05, 4.69) is 5.10 Å². The van der Waals surface area contributed by atoms with E-state index < -0.39 is 11.9 Å². The molecule has 2 unspecified atom stereocenters. The number of carbonyl (C=O) groups is 1. The molecule has 104 valence electrons. The summed E-state index contributed by atoms with van der Waals surface area (Å²) in [7, 11) is 0. The SMILES string of the molecule is CC(C)n1nc(C(F)(F)F)cc1C1C2CC(=O)CC21. The Morgan fingerprint density at radius 1 is 1.32 bits per heavy atom. The van der Waals surface area contributed by atoms with Crippen LogP contribution in [0.1, 0.15) is 50.0 Å². The van der Waals surface area contributed by atoms with Gasteiger partial charge in [0.2, 0.25) is 0 Å². The number of halogens is 3. The number of Topliss-reactive ketones (excluding diaryl/α,β-unsaturated/α-hetero) is 1. The third-order valence-corrected chi connectivity index (χ3v) is 4.14. The lowest BCUT2D eigenvalue weighted by atomic mass is 10.1. The highest BCUT2D eigenvalue weighted by Gasteiger charge is 2.58. The van der Waals surface area contributed by atoms with Gasteiger partial charge in [-0.25, -0.2) is 0 Å². The molecule has 0 saturated heterocycles. The second-order valence-corrected chi connectivity index (χ2v) is 5.79. The van der Waals surface area contributed by atoms with Crippen molar-refractivity contribution in [3.05, 3.63) is 17.5 Å². The van der Waals surface area contributed by atoms with Gasteiger partial charge >= 0.3 is 6.18 Å². The van der Waals surface area contributed by atoms with Crippen molar-refractivity contribution in [2.24, 2.45) is 11.8 Å². The average molecular weight is 272 g/mol. The Labute approximate surface area is 108 Å². The molecule has 0 aromatic carbocycles. The van der Waals surface area contributed by atoms with E-state index in [9.17, 15) is 18.0 Å². The van der Waals surface area contributed by atoms with Gasteiger partial charge in [-0.05, 0) is 31.7 Å². The normalized spacial score (nSPS) is 30.0. The number of alkyl halides is 3. The van der Waals surface area contributed by atoms with Crippen molar-refractivity contribution in [2.75, 3.05) is 0 Å².